The first-order valence-corrected chi connectivity index (χ1v) is 8.87. The molecule has 0 saturated carbocycles. The molecule has 2 amide bonds. The van der Waals surface area contributed by atoms with E-state index in [2.05, 4.69) is 26.9 Å². The maximum absolute atomic E-state index is 13.3. The summed E-state index contributed by atoms with van der Waals surface area (Å²) in [5.41, 5.74) is 0.273. The van der Waals surface area contributed by atoms with Crippen molar-refractivity contribution in [3.8, 4) is 11.5 Å². The molecule has 0 spiro atoms. The third-order valence-electron chi connectivity index (χ3n) is 3.46. The van der Waals surface area contributed by atoms with Gasteiger partial charge in [0.15, 0.2) is 6.61 Å². The van der Waals surface area contributed by atoms with Crippen LogP contribution in [0.3, 0.4) is 0 Å². The fourth-order valence-corrected chi connectivity index (χ4v) is 2.23. The van der Waals surface area contributed by atoms with E-state index < -0.39 is 24.2 Å². The predicted octanol–water partition coefficient (Wildman–Crippen LogP) is 3.90. The summed E-state index contributed by atoms with van der Waals surface area (Å²) in [6, 6.07) is 6.31. The summed E-state index contributed by atoms with van der Waals surface area (Å²) >= 11 is 5.56. The first-order valence-electron chi connectivity index (χ1n) is 8.49. The van der Waals surface area contributed by atoms with Crippen LogP contribution in [0.5, 0.6) is 11.5 Å². The highest BCUT2D eigenvalue weighted by molar-refractivity contribution is 6.30. The minimum atomic E-state index is -2.97. The summed E-state index contributed by atoms with van der Waals surface area (Å²) in [7, 11) is 0. The highest BCUT2D eigenvalue weighted by Gasteiger charge is 2.10. The number of nitrogens with zero attached hydrogens (tertiary/aromatic N) is 1. The van der Waals surface area contributed by atoms with Crippen molar-refractivity contribution in [2.24, 2.45) is 0 Å². The maximum Gasteiger partial charge on any atom is 0.387 e. The smallest absolute Gasteiger partial charge is 0.387 e. The van der Waals surface area contributed by atoms with E-state index in [1.165, 1.54) is 24.3 Å². The summed E-state index contributed by atoms with van der Waals surface area (Å²) in [6.07, 6.45) is 1.17. The van der Waals surface area contributed by atoms with Gasteiger partial charge in [-0.25, -0.2) is 9.37 Å². The van der Waals surface area contributed by atoms with Gasteiger partial charge in [-0.1, -0.05) is 18.2 Å². The van der Waals surface area contributed by atoms with Gasteiger partial charge in [-0.05, 0) is 30.7 Å². The van der Waals surface area contributed by atoms with E-state index in [1.807, 2.05) is 0 Å². The van der Waals surface area contributed by atoms with Crippen LogP contribution in [0.2, 0.25) is 5.02 Å². The second-order valence-corrected chi connectivity index (χ2v) is 6.23. The quantitative estimate of drug-likeness (QED) is 0.581. The predicted molar refractivity (Wildman–Crippen MR) is 103 cm³/mol. The minimum absolute atomic E-state index is 0.0146. The molecule has 0 aliphatic carbocycles. The number of allylic oxidation sites excluding steroid dienone is 1. The van der Waals surface area contributed by atoms with E-state index in [1.54, 1.807) is 0 Å². The van der Waals surface area contributed by atoms with Crippen LogP contribution >= 0.6 is 11.6 Å². The van der Waals surface area contributed by atoms with Gasteiger partial charge < -0.3 is 20.1 Å². The molecule has 0 radical (unpaired) electrons. The average molecular weight is 444 g/mol. The maximum atomic E-state index is 13.3. The Labute approximate surface area is 174 Å². The van der Waals surface area contributed by atoms with Gasteiger partial charge >= 0.3 is 6.61 Å². The number of benzene rings is 1. The molecule has 1 heterocycles. The standard InChI is InChI=1S/C19H17ClF3N3O4/c1-11(25-18(28)10-29-12-3-5-14(20)15(21)8-12)2-7-17(27)26-16-6-4-13(9-24-16)30-19(22)23/h3-6,8-9,19H,1-2,7,10H2,(H,25,28)(H,24,26,27). The number of carbonyl (C=O) groups excluding carboxylic acids is 2. The number of rotatable bonds is 10. The molecule has 7 nitrogen and oxygen atoms in total. The van der Waals surface area contributed by atoms with Crippen molar-refractivity contribution in [3.05, 3.63) is 59.6 Å². The molecule has 0 atom stereocenters. The molecule has 1 aromatic carbocycles. The fraction of sp³-hybridized carbons (Fsp3) is 0.211. The molecule has 0 saturated heterocycles. The van der Waals surface area contributed by atoms with Crippen LogP contribution in [0.1, 0.15) is 12.8 Å². The number of amides is 2. The van der Waals surface area contributed by atoms with Gasteiger partial charge in [-0.15, -0.1) is 0 Å². The third kappa shape index (κ3) is 8.00. The molecule has 0 aliphatic rings. The van der Waals surface area contributed by atoms with E-state index in [-0.39, 0.29) is 47.5 Å². The Morgan fingerprint density at radius 1 is 1.13 bits per heavy atom. The van der Waals surface area contributed by atoms with Gasteiger partial charge in [0.1, 0.15) is 23.1 Å². The Hall–Kier alpha value is -3.27. The Morgan fingerprint density at radius 3 is 2.50 bits per heavy atom. The van der Waals surface area contributed by atoms with E-state index >= 15 is 0 Å². The van der Waals surface area contributed by atoms with Gasteiger partial charge in [0, 0.05) is 18.2 Å². The Kier molecular flexibility index (Phi) is 8.48. The number of aromatic nitrogens is 1. The molecule has 2 aromatic rings. The molecule has 0 unspecified atom stereocenters. The zero-order valence-corrected chi connectivity index (χ0v) is 16.2. The van der Waals surface area contributed by atoms with Crippen molar-refractivity contribution in [1.29, 1.82) is 0 Å². The number of hydrogen-bond acceptors (Lipinski definition) is 5. The highest BCUT2D eigenvalue weighted by Crippen LogP contribution is 2.20. The van der Waals surface area contributed by atoms with Gasteiger partial charge in [0.05, 0.1) is 11.2 Å². The second kappa shape index (κ2) is 11.1. The van der Waals surface area contributed by atoms with Crippen LogP contribution < -0.4 is 20.1 Å². The molecule has 2 rings (SSSR count). The minimum Gasteiger partial charge on any atom is -0.484 e. The van der Waals surface area contributed by atoms with Crippen LogP contribution in [0.4, 0.5) is 19.0 Å². The third-order valence-corrected chi connectivity index (χ3v) is 3.77. The summed E-state index contributed by atoms with van der Waals surface area (Å²) in [5, 5.41) is 4.87. The molecular weight excluding hydrogens is 427 g/mol. The molecule has 30 heavy (non-hydrogen) atoms. The van der Waals surface area contributed by atoms with E-state index in [4.69, 9.17) is 16.3 Å². The SMILES string of the molecule is C=C(CCC(=O)Nc1ccc(OC(F)F)cn1)NC(=O)COc1ccc(Cl)c(F)c1. The number of hydrogen-bond donors (Lipinski definition) is 2. The molecule has 0 aliphatic heterocycles. The Morgan fingerprint density at radius 2 is 1.87 bits per heavy atom. The molecule has 0 bridgehead atoms. The van der Waals surface area contributed by atoms with Gasteiger partial charge in [-0.3, -0.25) is 9.59 Å². The number of alkyl halides is 2. The summed E-state index contributed by atoms with van der Waals surface area (Å²) in [4.78, 5) is 27.5. The fourth-order valence-electron chi connectivity index (χ4n) is 2.11. The van der Waals surface area contributed by atoms with E-state index in [0.717, 1.165) is 12.3 Å². The first kappa shape index (κ1) is 23.0. The van der Waals surface area contributed by atoms with Crippen LogP contribution in [0.25, 0.3) is 0 Å². The van der Waals surface area contributed by atoms with E-state index in [0.29, 0.717) is 0 Å². The molecule has 160 valence electrons. The largest absolute Gasteiger partial charge is 0.484 e. The van der Waals surface area contributed by atoms with Crippen molar-refractivity contribution in [3.63, 3.8) is 0 Å². The lowest BCUT2D eigenvalue weighted by Crippen LogP contribution is -2.28. The van der Waals surface area contributed by atoms with Crippen LogP contribution in [-0.2, 0) is 9.59 Å². The van der Waals surface area contributed by atoms with Crippen molar-refractivity contribution in [2.75, 3.05) is 11.9 Å². The highest BCUT2D eigenvalue weighted by atomic mass is 35.5. The number of halogens is 4. The first-order chi connectivity index (χ1) is 14.2. The topological polar surface area (TPSA) is 89.5 Å². The number of carbonyl (C=O) groups is 2. The zero-order valence-electron chi connectivity index (χ0n) is 15.5. The second-order valence-electron chi connectivity index (χ2n) is 5.82. The molecular formula is C19H17ClF3N3O4. The van der Waals surface area contributed by atoms with Crippen LogP contribution in [0, 0.1) is 5.82 Å². The summed E-state index contributed by atoms with van der Waals surface area (Å²) in [6.45, 7) is 0.293. The normalized spacial score (nSPS) is 10.4. The lowest BCUT2D eigenvalue weighted by molar-refractivity contribution is -0.122. The van der Waals surface area contributed by atoms with Crippen molar-refractivity contribution in [1.82, 2.24) is 10.3 Å². The Bertz CT molecular complexity index is 910. The number of nitrogens with one attached hydrogen (secondary N) is 2. The number of ether oxygens (including phenoxy) is 2. The zero-order chi connectivity index (χ0) is 22.1. The number of pyridine rings is 1. The lowest BCUT2D eigenvalue weighted by atomic mass is 10.2. The summed E-state index contributed by atoms with van der Waals surface area (Å²) in [5.74, 6) is -1.48. The molecule has 11 heteroatoms. The van der Waals surface area contributed by atoms with Crippen LogP contribution in [-0.4, -0.2) is 30.0 Å². The monoisotopic (exact) mass is 443 g/mol. The van der Waals surface area contributed by atoms with Gasteiger partial charge in [0.2, 0.25) is 5.91 Å². The summed E-state index contributed by atoms with van der Waals surface area (Å²) < 4.78 is 46.8. The molecule has 1 aromatic heterocycles. The van der Waals surface area contributed by atoms with Crippen LogP contribution in [0.15, 0.2) is 48.8 Å². The number of anilines is 1. The van der Waals surface area contributed by atoms with Gasteiger partial charge in [0.25, 0.3) is 5.91 Å². The average Bonchev–Trinajstić information content (AvgIpc) is 2.68. The molecule has 0 fully saturated rings. The lowest BCUT2D eigenvalue weighted by Gasteiger charge is -2.10. The molecule has 2 N–H and O–H groups in total. The Balaban J connectivity index is 1.69. The van der Waals surface area contributed by atoms with Crippen molar-refractivity contribution >= 4 is 29.2 Å². The van der Waals surface area contributed by atoms with Crippen molar-refractivity contribution < 1.29 is 32.2 Å². The van der Waals surface area contributed by atoms with Gasteiger partial charge in [-0.2, -0.15) is 8.78 Å². The van der Waals surface area contributed by atoms with Crippen molar-refractivity contribution in [2.45, 2.75) is 19.5 Å². The van der Waals surface area contributed by atoms with E-state index in [9.17, 15) is 22.8 Å².